The van der Waals surface area contributed by atoms with Crippen molar-refractivity contribution in [2.45, 2.75) is 24.7 Å². The molecular weight excluding hydrogens is 243 g/mol. The van der Waals surface area contributed by atoms with Crippen molar-refractivity contribution < 1.29 is 17.8 Å². The fraction of sp³-hybridized carbons (Fsp3) is 0.364. The highest BCUT2D eigenvalue weighted by molar-refractivity contribution is 7.90. The monoisotopic (exact) mass is 257 g/mol. The van der Waals surface area contributed by atoms with Crippen LogP contribution in [0.2, 0.25) is 0 Å². The number of benzene rings is 1. The minimum atomic E-state index is -3.61. The zero-order valence-electron chi connectivity index (χ0n) is 9.46. The number of rotatable bonds is 2. The lowest BCUT2D eigenvalue weighted by molar-refractivity contribution is -0.448. The summed E-state index contributed by atoms with van der Waals surface area (Å²) < 4.78 is 39.4. The first-order valence-corrected chi connectivity index (χ1v) is 6.86. The molecule has 0 aromatic heterocycles. The summed E-state index contributed by atoms with van der Waals surface area (Å²) in [5.41, 5.74) is 0.399. The molecule has 0 radical (unpaired) electrons. The van der Waals surface area contributed by atoms with Crippen LogP contribution in [0.15, 0.2) is 23.1 Å². The van der Waals surface area contributed by atoms with Crippen LogP contribution in [0, 0.1) is 12.7 Å². The number of hydrogen-bond donors (Lipinski definition) is 2. The second-order valence-corrected chi connectivity index (χ2v) is 5.68. The van der Waals surface area contributed by atoms with Crippen molar-refractivity contribution in [3.8, 4) is 0 Å². The van der Waals surface area contributed by atoms with Gasteiger partial charge in [-0.2, -0.15) is 13.1 Å². The molecule has 2 rings (SSSR count). The predicted octanol–water partition coefficient (Wildman–Crippen LogP) is -0.315. The van der Waals surface area contributed by atoms with E-state index in [0.717, 1.165) is 19.0 Å². The average Bonchev–Trinajstić information content (AvgIpc) is 2.68. The number of amidine groups is 1. The molecule has 0 bridgehead atoms. The standard InChI is InChI=1S/C11H13FN2O2S/c1-8-7-9(12)4-5-10(8)17(15,16)14-11-3-2-6-13-11/h4-5,7H,2-3,6H2,1H3,(H,13,14)/p+1. The van der Waals surface area contributed by atoms with Gasteiger partial charge >= 0.3 is 10.0 Å². The summed E-state index contributed by atoms with van der Waals surface area (Å²) in [5.74, 6) is 0.168. The van der Waals surface area contributed by atoms with Gasteiger partial charge in [-0.05, 0) is 37.1 Å². The van der Waals surface area contributed by atoms with E-state index in [0.29, 0.717) is 17.8 Å². The average molecular weight is 257 g/mol. The molecule has 0 aliphatic carbocycles. The van der Waals surface area contributed by atoms with E-state index in [9.17, 15) is 12.8 Å². The van der Waals surface area contributed by atoms with Crippen LogP contribution in [0.1, 0.15) is 18.4 Å². The quantitative estimate of drug-likeness (QED) is 0.763. The van der Waals surface area contributed by atoms with Gasteiger partial charge in [0.15, 0.2) is 0 Å². The van der Waals surface area contributed by atoms with Gasteiger partial charge in [-0.3, -0.25) is 4.99 Å². The number of nitrogens with one attached hydrogen (secondary N) is 2. The Hall–Kier alpha value is -1.43. The maximum atomic E-state index is 12.9. The molecule has 17 heavy (non-hydrogen) atoms. The zero-order chi connectivity index (χ0) is 12.5. The molecule has 1 aromatic rings. The second-order valence-electron chi connectivity index (χ2n) is 4.02. The van der Waals surface area contributed by atoms with E-state index in [1.54, 1.807) is 6.92 Å². The van der Waals surface area contributed by atoms with Crippen molar-refractivity contribution in [3.05, 3.63) is 29.6 Å². The largest absolute Gasteiger partial charge is 0.328 e. The molecule has 92 valence electrons. The van der Waals surface area contributed by atoms with E-state index in [1.165, 1.54) is 12.1 Å². The Balaban J connectivity index is 2.31. The van der Waals surface area contributed by atoms with Crippen molar-refractivity contribution in [2.75, 3.05) is 6.54 Å². The third-order valence-electron chi connectivity index (χ3n) is 2.63. The lowest BCUT2D eigenvalue weighted by Crippen LogP contribution is -2.72. The summed E-state index contributed by atoms with van der Waals surface area (Å²) in [7, 11) is -3.61. The molecule has 2 N–H and O–H groups in total. The first kappa shape index (κ1) is 12.0. The molecule has 0 fully saturated rings. The Morgan fingerprint density at radius 3 is 2.76 bits per heavy atom. The van der Waals surface area contributed by atoms with E-state index >= 15 is 0 Å². The molecule has 0 saturated carbocycles. The first-order valence-electron chi connectivity index (χ1n) is 5.38. The molecule has 0 atom stereocenters. The van der Waals surface area contributed by atoms with E-state index in [-0.39, 0.29) is 4.90 Å². The minimum absolute atomic E-state index is 0.111. The zero-order valence-corrected chi connectivity index (χ0v) is 10.3. The molecule has 1 aliphatic heterocycles. The van der Waals surface area contributed by atoms with Gasteiger partial charge in [0, 0.05) is 0 Å². The topological polar surface area (TPSA) is 60.1 Å². The highest BCUT2D eigenvalue weighted by atomic mass is 32.2. The van der Waals surface area contributed by atoms with E-state index in [2.05, 4.69) is 9.71 Å². The molecule has 1 aliphatic rings. The number of hydrogen-bond acceptors (Lipinski definition) is 2. The van der Waals surface area contributed by atoms with Gasteiger partial charge in [0.05, 0.1) is 13.0 Å². The summed E-state index contributed by atoms with van der Waals surface area (Å²) in [6.07, 6.45) is 1.61. The van der Waals surface area contributed by atoms with Crippen LogP contribution in [0.5, 0.6) is 0 Å². The molecule has 1 aromatic carbocycles. The summed E-state index contributed by atoms with van der Waals surface area (Å²) >= 11 is 0. The first-order chi connectivity index (χ1) is 7.99. The Morgan fingerprint density at radius 2 is 2.18 bits per heavy atom. The fourth-order valence-corrected chi connectivity index (χ4v) is 3.15. The lowest BCUT2D eigenvalue weighted by Gasteiger charge is -2.05. The lowest BCUT2D eigenvalue weighted by atomic mass is 10.2. The highest BCUT2D eigenvalue weighted by Gasteiger charge is 2.25. The highest BCUT2D eigenvalue weighted by Crippen LogP contribution is 2.15. The van der Waals surface area contributed by atoms with Gasteiger partial charge in [-0.15, -0.1) is 0 Å². The predicted molar refractivity (Wildman–Crippen MR) is 61.5 cm³/mol. The SMILES string of the molecule is Cc1cc(F)ccc1S(=O)(=O)NC1=[NH+]CCC1. The van der Waals surface area contributed by atoms with Gasteiger partial charge in [0.25, 0.3) is 5.84 Å². The van der Waals surface area contributed by atoms with Crippen LogP contribution in [0.3, 0.4) is 0 Å². The number of halogens is 1. The van der Waals surface area contributed by atoms with Gasteiger partial charge < -0.3 is 0 Å². The molecule has 1 heterocycles. The van der Waals surface area contributed by atoms with Crippen molar-refractivity contribution in [1.82, 2.24) is 4.72 Å². The van der Waals surface area contributed by atoms with Crippen molar-refractivity contribution in [1.29, 1.82) is 0 Å². The summed E-state index contributed by atoms with van der Waals surface area (Å²) in [4.78, 5) is 3.08. The van der Waals surface area contributed by atoms with Crippen LogP contribution in [0.4, 0.5) is 4.39 Å². The minimum Gasteiger partial charge on any atom is -0.278 e. The molecule has 6 heteroatoms. The smallest absolute Gasteiger partial charge is 0.278 e. The Morgan fingerprint density at radius 1 is 1.41 bits per heavy atom. The number of sulfonamides is 1. The van der Waals surface area contributed by atoms with Crippen molar-refractivity contribution in [3.63, 3.8) is 0 Å². The maximum absolute atomic E-state index is 12.9. The molecule has 0 saturated heterocycles. The molecule has 0 amide bonds. The Kier molecular flexibility index (Phi) is 3.15. The molecule has 0 spiro atoms. The van der Waals surface area contributed by atoms with Crippen LogP contribution in [-0.4, -0.2) is 20.8 Å². The molecule has 4 nitrogen and oxygen atoms in total. The third-order valence-corrected chi connectivity index (χ3v) is 4.18. The van der Waals surface area contributed by atoms with Gasteiger partial charge in [-0.25, -0.2) is 4.39 Å². The Bertz CT molecular complexity index is 567. The molecular formula is C11H14FN2O2S+. The van der Waals surface area contributed by atoms with Gasteiger partial charge in [0.2, 0.25) is 0 Å². The van der Waals surface area contributed by atoms with Crippen LogP contribution in [0.25, 0.3) is 0 Å². The normalized spacial score (nSPS) is 15.8. The summed E-state index contributed by atoms with van der Waals surface area (Å²) in [5, 5.41) is 0. The third kappa shape index (κ3) is 2.63. The fourth-order valence-electron chi connectivity index (χ4n) is 1.81. The van der Waals surface area contributed by atoms with Crippen molar-refractivity contribution in [2.24, 2.45) is 0 Å². The van der Waals surface area contributed by atoms with Crippen LogP contribution in [-0.2, 0) is 10.0 Å². The number of aryl methyl sites for hydroxylation is 1. The maximum Gasteiger partial charge on any atom is 0.328 e. The van der Waals surface area contributed by atoms with Gasteiger partial charge in [-0.1, -0.05) is 0 Å². The van der Waals surface area contributed by atoms with Crippen LogP contribution < -0.4 is 9.71 Å². The van der Waals surface area contributed by atoms with Crippen molar-refractivity contribution >= 4 is 15.9 Å². The van der Waals surface area contributed by atoms with E-state index in [1.807, 2.05) is 0 Å². The summed E-state index contributed by atoms with van der Waals surface area (Å²) in [6, 6.07) is 3.64. The van der Waals surface area contributed by atoms with E-state index in [4.69, 9.17) is 0 Å². The van der Waals surface area contributed by atoms with Crippen LogP contribution >= 0.6 is 0 Å². The second kappa shape index (κ2) is 4.44. The van der Waals surface area contributed by atoms with E-state index < -0.39 is 15.8 Å². The van der Waals surface area contributed by atoms with Gasteiger partial charge in [0.1, 0.15) is 10.7 Å². The summed E-state index contributed by atoms with van der Waals surface area (Å²) in [6.45, 7) is 2.35. The Labute approximate surface area is 99.6 Å². The molecule has 0 unspecified atom stereocenters.